The Kier molecular flexibility index (Phi) is 3.48. The lowest BCUT2D eigenvalue weighted by Crippen LogP contribution is -2.35. The number of hydrogen-bond acceptors (Lipinski definition) is 2. The van der Waals surface area contributed by atoms with E-state index >= 15 is 0 Å². The van der Waals surface area contributed by atoms with E-state index < -0.39 is 5.97 Å². The topological polar surface area (TPSA) is 40.5 Å². The van der Waals surface area contributed by atoms with Crippen molar-refractivity contribution >= 4 is 5.97 Å². The number of benzene rings is 1. The van der Waals surface area contributed by atoms with Gasteiger partial charge in [0.2, 0.25) is 0 Å². The molecule has 17 heavy (non-hydrogen) atoms. The minimum atomic E-state index is -0.686. The largest absolute Gasteiger partial charge is 0.480 e. The van der Waals surface area contributed by atoms with Gasteiger partial charge in [0.05, 0.1) is 0 Å². The molecule has 0 aromatic heterocycles. The molecule has 0 aliphatic carbocycles. The predicted octanol–water partition coefficient (Wildman–Crippen LogP) is 2.35. The van der Waals surface area contributed by atoms with Crippen molar-refractivity contribution in [1.82, 2.24) is 4.90 Å². The number of carbonyl (C=O) groups is 1. The lowest BCUT2D eigenvalue weighted by atomic mass is 10.0. The maximum atomic E-state index is 11.1. The molecule has 1 aromatic carbocycles. The van der Waals surface area contributed by atoms with Crippen LogP contribution < -0.4 is 0 Å². The molecule has 1 aliphatic heterocycles. The lowest BCUT2D eigenvalue weighted by Gasteiger charge is -2.23. The first-order chi connectivity index (χ1) is 8.09. The minimum Gasteiger partial charge on any atom is -0.480 e. The molecule has 1 N–H and O–H groups in total. The van der Waals surface area contributed by atoms with Gasteiger partial charge in [-0.15, -0.1) is 0 Å². The summed E-state index contributed by atoms with van der Waals surface area (Å²) < 4.78 is 0. The summed E-state index contributed by atoms with van der Waals surface area (Å²) in [4.78, 5) is 13.2. The second-order valence-electron chi connectivity index (χ2n) is 4.84. The molecule has 0 amide bonds. The standard InChI is InChI=1S/C14H19NO2/c1-10-5-3-6-11(2)12(10)9-15-8-4-7-13(15)14(16)17/h3,5-6,13H,4,7-9H2,1-2H3,(H,16,17). The number of carboxylic acid groups (broad SMARTS) is 1. The second-order valence-corrected chi connectivity index (χ2v) is 4.84. The van der Waals surface area contributed by atoms with Crippen LogP contribution in [0.15, 0.2) is 18.2 Å². The molecule has 1 heterocycles. The van der Waals surface area contributed by atoms with E-state index in [2.05, 4.69) is 30.9 Å². The Labute approximate surface area is 102 Å². The average Bonchev–Trinajstić information content (AvgIpc) is 2.72. The third-order valence-corrected chi connectivity index (χ3v) is 3.65. The lowest BCUT2D eigenvalue weighted by molar-refractivity contribution is -0.142. The normalized spacial score (nSPS) is 20.7. The first kappa shape index (κ1) is 12.1. The molecule has 0 bridgehead atoms. The Hall–Kier alpha value is -1.35. The van der Waals surface area contributed by atoms with E-state index in [-0.39, 0.29) is 6.04 Å². The van der Waals surface area contributed by atoms with Crippen LogP contribution in [-0.4, -0.2) is 28.6 Å². The summed E-state index contributed by atoms with van der Waals surface area (Å²) in [6.07, 6.45) is 1.77. The quantitative estimate of drug-likeness (QED) is 0.871. The van der Waals surface area contributed by atoms with Crippen molar-refractivity contribution in [2.75, 3.05) is 6.54 Å². The van der Waals surface area contributed by atoms with Gasteiger partial charge < -0.3 is 5.11 Å². The Bertz CT molecular complexity index is 408. The monoisotopic (exact) mass is 233 g/mol. The summed E-state index contributed by atoms with van der Waals surface area (Å²) in [5.74, 6) is -0.686. The Morgan fingerprint density at radius 3 is 2.65 bits per heavy atom. The molecule has 3 nitrogen and oxygen atoms in total. The van der Waals surface area contributed by atoms with Gasteiger partial charge >= 0.3 is 5.97 Å². The van der Waals surface area contributed by atoms with Gasteiger partial charge in [0.25, 0.3) is 0 Å². The van der Waals surface area contributed by atoms with Gasteiger partial charge in [-0.25, -0.2) is 0 Å². The Morgan fingerprint density at radius 2 is 2.06 bits per heavy atom. The van der Waals surface area contributed by atoms with E-state index in [1.54, 1.807) is 0 Å². The minimum absolute atomic E-state index is 0.297. The summed E-state index contributed by atoms with van der Waals surface area (Å²) >= 11 is 0. The van der Waals surface area contributed by atoms with Gasteiger partial charge in [0.15, 0.2) is 0 Å². The van der Waals surface area contributed by atoms with Crippen LogP contribution in [0.1, 0.15) is 29.5 Å². The van der Waals surface area contributed by atoms with Gasteiger partial charge in [-0.2, -0.15) is 0 Å². The van der Waals surface area contributed by atoms with E-state index in [4.69, 9.17) is 5.11 Å². The zero-order valence-corrected chi connectivity index (χ0v) is 10.4. The van der Waals surface area contributed by atoms with E-state index in [0.717, 1.165) is 25.9 Å². The van der Waals surface area contributed by atoms with Gasteiger partial charge in [-0.05, 0) is 49.9 Å². The highest BCUT2D eigenvalue weighted by molar-refractivity contribution is 5.73. The van der Waals surface area contributed by atoms with Crippen LogP contribution in [0.5, 0.6) is 0 Å². The number of rotatable bonds is 3. The summed E-state index contributed by atoms with van der Waals surface area (Å²) in [6, 6.07) is 5.93. The fourth-order valence-electron chi connectivity index (χ4n) is 2.60. The van der Waals surface area contributed by atoms with Crippen molar-refractivity contribution in [3.05, 3.63) is 34.9 Å². The summed E-state index contributed by atoms with van der Waals surface area (Å²) in [6.45, 7) is 5.84. The van der Waals surface area contributed by atoms with Crippen LogP contribution in [0, 0.1) is 13.8 Å². The zero-order valence-electron chi connectivity index (χ0n) is 10.4. The molecule has 92 valence electrons. The van der Waals surface area contributed by atoms with Crippen molar-refractivity contribution in [3.63, 3.8) is 0 Å². The molecule has 2 rings (SSSR count). The number of carboxylic acids is 1. The summed E-state index contributed by atoms with van der Waals surface area (Å²) in [7, 11) is 0. The smallest absolute Gasteiger partial charge is 0.320 e. The molecular weight excluding hydrogens is 214 g/mol. The summed E-state index contributed by atoms with van der Waals surface area (Å²) in [5, 5.41) is 9.16. The molecule has 0 radical (unpaired) electrons. The molecule has 1 atom stereocenters. The molecule has 1 aromatic rings. The molecule has 0 spiro atoms. The predicted molar refractivity (Wildman–Crippen MR) is 67.0 cm³/mol. The van der Waals surface area contributed by atoms with E-state index in [0.29, 0.717) is 0 Å². The van der Waals surface area contributed by atoms with Crippen molar-refractivity contribution in [3.8, 4) is 0 Å². The molecule has 1 fully saturated rings. The molecule has 1 aliphatic rings. The number of nitrogens with zero attached hydrogens (tertiary/aromatic N) is 1. The van der Waals surface area contributed by atoms with Crippen molar-refractivity contribution < 1.29 is 9.90 Å². The number of aliphatic carboxylic acids is 1. The van der Waals surface area contributed by atoms with Crippen LogP contribution in [-0.2, 0) is 11.3 Å². The van der Waals surface area contributed by atoms with Crippen LogP contribution in [0.25, 0.3) is 0 Å². The highest BCUT2D eigenvalue weighted by atomic mass is 16.4. The highest BCUT2D eigenvalue weighted by Gasteiger charge is 2.30. The maximum Gasteiger partial charge on any atom is 0.320 e. The van der Waals surface area contributed by atoms with Gasteiger partial charge in [0, 0.05) is 6.54 Å². The molecule has 3 heteroatoms. The van der Waals surface area contributed by atoms with Gasteiger partial charge in [-0.1, -0.05) is 18.2 Å². The third-order valence-electron chi connectivity index (χ3n) is 3.65. The van der Waals surface area contributed by atoms with Crippen molar-refractivity contribution in [2.45, 2.75) is 39.3 Å². The van der Waals surface area contributed by atoms with E-state index in [1.807, 2.05) is 6.07 Å². The van der Waals surface area contributed by atoms with Crippen LogP contribution >= 0.6 is 0 Å². The SMILES string of the molecule is Cc1cccc(C)c1CN1CCCC1C(=O)O. The number of likely N-dealkylation sites (tertiary alicyclic amines) is 1. The van der Waals surface area contributed by atoms with Crippen LogP contribution in [0.3, 0.4) is 0 Å². The zero-order chi connectivity index (χ0) is 12.4. The first-order valence-electron chi connectivity index (χ1n) is 6.11. The van der Waals surface area contributed by atoms with Gasteiger partial charge in [-0.3, -0.25) is 9.69 Å². The van der Waals surface area contributed by atoms with Crippen molar-refractivity contribution in [1.29, 1.82) is 0 Å². The second kappa shape index (κ2) is 4.88. The molecule has 1 saturated heterocycles. The van der Waals surface area contributed by atoms with Crippen molar-refractivity contribution in [2.24, 2.45) is 0 Å². The summed E-state index contributed by atoms with van der Waals surface area (Å²) in [5.41, 5.74) is 3.78. The number of aryl methyl sites for hydroxylation is 2. The third kappa shape index (κ3) is 2.50. The van der Waals surface area contributed by atoms with Crippen LogP contribution in [0.4, 0.5) is 0 Å². The highest BCUT2D eigenvalue weighted by Crippen LogP contribution is 2.23. The Balaban J connectivity index is 2.18. The van der Waals surface area contributed by atoms with E-state index in [9.17, 15) is 4.79 Å². The fourth-order valence-corrected chi connectivity index (χ4v) is 2.60. The molecule has 1 unspecified atom stereocenters. The van der Waals surface area contributed by atoms with E-state index in [1.165, 1.54) is 16.7 Å². The maximum absolute atomic E-state index is 11.1. The fraction of sp³-hybridized carbons (Fsp3) is 0.500. The molecular formula is C14H19NO2. The first-order valence-corrected chi connectivity index (χ1v) is 6.11. The van der Waals surface area contributed by atoms with Gasteiger partial charge in [0.1, 0.15) is 6.04 Å². The molecule has 0 saturated carbocycles. The Morgan fingerprint density at radius 1 is 1.41 bits per heavy atom. The number of hydrogen-bond donors (Lipinski definition) is 1. The average molecular weight is 233 g/mol. The van der Waals surface area contributed by atoms with Crippen LogP contribution in [0.2, 0.25) is 0 Å².